The third-order valence-electron chi connectivity index (χ3n) is 3.88. The molecule has 3 nitrogen and oxygen atoms in total. The molecule has 1 fully saturated rings. The molecule has 3 unspecified atom stereocenters. The summed E-state index contributed by atoms with van der Waals surface area (Å²) in [6.45, 7) is 0. The summed E-state index contributed by atoms with van der Waals surface area (Å²) in [5, 5.41) is 4.68. The average Bonchev–Trinajstić information content (AvgIpc) is 3.09. The Balaban J connectivity index is 1.58. The van der Waals surface area contributed by atoms with Gasteiger partial charge in [-0.3, -0.25) is 4.99 Å². The van der Waals surface area contributed by atoms with Crippen LogP contribution in [0.25, 0.3) is 0 Å². The van der Waals surface area contributed by atoms with E-state index in [1.54, 1.807) is 7.11 Å². The lowest BCUT2D eigenvalue weighted by molar-refractivity contribution is 0.107. The van der Waals surface area contributed by atoms with Gasteiger partial charge in [0, 0.05) is 18.9 Å². The van der Waals surface area contributed by atoms with Gasteiger partial charge in [-0.25, -0.2) is 0 Å². The molecular formula is C15H20N2OS. The largest absolute Gasteiger partial charge is 0.381 e. The van der Waals surface area contributed by atoms with Crippen molar-refractivity contribution in [1.82, 2.24) is 5.32 Å². The molecule has 1 heterocycles. The molecule has 0 amide bonds. The van der Waals surface area contributed by atoms with E-state index in [1.807, 2.05) is 11.8 Å². The van der Waals surface area contributed by atoms with E-state index in [1.165, 1.54) is 12.0 Å². The van der Waals surface area contributed by atoms with Crippen molar-refractivity contribution in [3.63, 3.8) is 0 Å². The second kappa shape index (κ2) is 5.97. The molecule has 4 heteroatoms. The number of nitrogens with one attached hydrogen (secondary N) is 1. The summed E-state index contributed by atoms with van der Waals surface area (Å²) in [7, 11) is 1.81. The fraction of sp³-hybridized carbons (Fsp3) is 0.533. The molecule has 102 valence electrons. The molecule has 1 aromatic carbocycles. The third-order valence-corrected chi connectivity index (χ3v) is 4.86. The highest BCUT2D eigenvalue weighted by molar-refractivity contribution is 8.14. The first-order valence-corrected chi connectivity index (χ1v) is 7.88. The number of aliphatic imine (C=N–C) groups is 1. The molecule has 0 saturated heterocycles. The Bertz CT molecular complexity index is 449. The minimum atomic E-state index is 0.313. The minimum absolute atomic E-state index is 0.313. The fourth-order valence-electron chi connectivity index (χ4n) is 2.76. The molecule has 0 bridgehead atoms. The fourth-order valence-corrected chi connectivity index (χ4v) is 3.79. The van der Waals surface area contributed by atoms with Gasteiger partial charge in [0.2, 0.25) is 0 Å². The van der Waals surface area contributed by atoms with Crippen LogP contribution in [0.15, 0.2) is 35.3 Å². The molecule has 0 spiro atoms. The van der Waals surface area contributed by atoms with E-state index in [0.29, 0.717) is 18.2 Å². The van der Waals surface area contributed by atoms with E-state index in [9.17, 15) is 0 Å². The second-order valence-electron chi connectivity index (χ2n) is 5.18. The van der Waals surface area contributed by atoms with Crippen LogP contribution >= 0.6 is 11.8 Å². The Morgan fingerprint density at radius 3 is 2.84 bits per heavy atom. The van der Waals surface area contributed by atoms with E-state index >= 15 is 0 Å². The third kappa shape index (κ3) is 3.12. The Morgan fingerprint density at radius 1 is 1.26 bits per heavy atom. The van der Waals surface area contributed by atoms with Crippen LogP contribution < -0.4 is 5.32 Å². The number of ether oxygens (including phenoxy) is 1. The topological polar surface area (TPSA) is 33.6 Å². The van der Waals surface area contributed by atoms with Gasteiger partial charge in [-0.2, -0.15) is 0 Å². The van der Waals surface area contributed by atoms with Gasteiger partial charge >= 0.3 is 0 Å². The van der Waals surface area contributed by atoms with E-state index in [2.05, 4.69) is 35.6 Å². The molecule has 19 heavy (non-hydrogen) atoms. The first-order chi connectivity index (χ1) is 9.35. The van der Waals surface area contributed by atoms with Crippen LogP contribution in [0.1, 0.15) is 30.9 Å². The molecule has 0 radical (unpaired) electrons. The van der Waals surface area contributed by atoms with Crippen LogP contribution in [-0.4, -0.2) is 30.2 Å². The number of amidine groups is 1. The molecule has 2 aliphatic rings. The van der Waals surface area contributed by atoms with Gasteiger partial charge in [0.1, 0.15) is 0 Å². The molecule has 1 N–H and O–H groups in total. The first kappa shape index (κ1) is 13.0. The smallest absolute Gasteiger partial charge is 0.157 e. The highest BCUT2D eigenvalue weighted by Gasteiger charge is 2.27. The van der Waals surface area contributed by atoms with E-state index in [-0.39, 0.29) is 0 Å². The van der Waals surface area contributed by atoms with E-state index in [4.69, 9.17) is 9.73 Å². The summed E-state index contributed by atoms with van der Waals surface area (Å²) in [6.07, 6.45) is 3.88. The van der Waals surface area contributed by atoms with E-state index in [0.717, 1.165) is 23.8 Å². The van der Waals surface area contributed by atoms with Gasteiger partial charge in [0.25, 0.3) is 0 Å². The number of thioether (sulfide) groups is 1. The SMILES string of the molecule is COC1CCC(NC2=NC(c3ccccc3)CS2)C1. The second-order valence-corrected chi connectivity index (χ2v) is 6.19. The minimum Gasteiger partial charge on any atom is -0.381 e. The van der Waals surface area contributed by atoms with Crippen molar-refractivity contribution in [1.29, 1.82) is 0 Å². The number of nitrogens with zero attached hydrogens (tertiary/aromatic N) is 1. The van der Waals surface area contributed by atoms with Crippen LogP contribution in [0.4, 0.5) is 0 Å². The highest BCUT2D eigenvalue weighted by Crippen LogP contribution is 2.30. The standard InChI is InChI=1S/C15H20N2OS/c1-18-13-8-7-12(9-13)16-15-17-14(10-19-15)11-5-3-2-4-6-11/h2-6,12-14H,7-10H2,1H3,(H,16,17). The summed E-state index contributed by atoms with van der Waals surface area (Å²) >= 11 is 1.84. The molecule has 1 saturated carbocycles. The Hall–Kier alpha value is -1.00. The lowest BCUT2D eigenvalue weighted by atomic mass is 10.1. The predicted octanol–water partition coefficient (Wildman–Crippen LogP) is 2.99. The number of benzene rings is 1. The van der Waals surface area contributed by atoms with Gasteiger partial charge in [-0.1, -0.05) is 42.1 Å². The summed E-state index contributed by atoms with van der Waals surface area (Å²) in [4.78, 5) is 4.80. The van der Waals surface area contributed by atoms with Gasteiger partial charge in [-0.15, -0.1) is 0 Å². The number of methoxy groups -OCH3 is 1. The van der Waals surface area contributed by atoms with Crippen LogP contribution in [0.5, 0.6) is 0 Å². The van der Waals surface area contributed by atoms with Crippen molar-refractivity contribution in [2.45, 2.75) is 37.5 Å². The summed E-state index contributed by atoms with van der Waals surface area (Å²) in [5.41, 5.74) is 1.31. The van der Waals surface area contributed by atoms with Crippen LogP contribution in [0.3, 0.4) is 0 Å². The lowest BCUT2D eigenvalue weighted by Crippen LogP contribution is -2.30. The van der Waals surface area contributed by atoms with Crippen LogP contribution in [-0.2, 0) is 4.74 Å². The van der Waals surface area contributed by atoms with Gasteiger partial charge in [0.05, 0.1) is 12.1 Å². The average molecular weight is 276 g/mol. The van der Waals surface area contributed by atoms with Crippen molar-refractivity contribution in [3.05, 3.63) is 35.9 Å². The Kier molecular flexibility index (Phi) is 4.09. The monoisotopic (exact) mass is 276 g/mol. The van der Waals surface area contributed by atoms with Gasteiger partial charge in [-0.05, 0) is 24.8 Å². The highest BCUT2D eigenvalue weighted by atomic mass is 32.2. The zero-order valence-corrected chi connectivity index (χ0v) is 12.0. The van der Waals surface area contributed by atoms with Crippen molar-refractivity contribution in [3.8, 4) is 0 Å². The first-order valence-electron chi connectivity index (χ1n) is 6.90. The molecule has 1 aliphatic carbocycles. The van der Waals surface area contributed by atoms with Crippen molar-refractivity contribution < 1.29 is 4.74 Å². The maximum absolute atomic E-state index is 5.41. The Labute approximate surface area is 118 Å². The number of hydrogen-bond acceptors (Lipinski definition) is 4. The quantitative estimate of drug-likeness (QED) is 0.921. The predicted molar refractivity (Wildman–Crippen MR) is 80.6 cm³/mol. The van der Waals surface area contributed by atoms with Crippen molar-refractivity contribution >= 4 is 16.9 Å². The van der Waals surface area contributed by atoms with E-state index < -0.39 is 0 Å². The molecule has 3 atom stereocenters. The lowest BCUT2D eigenvalue weighted by Gasteiger charge is -2.13. The summed E-state index contributed by atoms with van der Waals surface area (Å²) in [6, 6.07) is 11.4. The maximum Gasteiger partial charge on any atom is 0.157 e. The van der Waals surface area contributed by atoms with Gasteiger partial charge < -0.3 is 10.1 Å². The van der Waals surface area contributed by atoms with Crippen LogP contribution in [0.2, 0.25) is 0 Å². The molecule has 0 aromatic heterocycles. The number of rotatable bonds is 3. The van der Waals surface area contributed by atoms with Crippen LogP contribution in [0, 0.1) is 0 Å². The number of hydrogen-bond donors (Lipinski definition) is 1. The Morgan fingerprint density at radius 2 is 2.11 bits per heavy atom. The summed E-state index contributed by atoms with van der Waals surface area (Å²) < 4.78 is 5.41. The van der Waals surface area contributed by atoms with Crippen molar-refractivity contribution in [2.75, 3.05) is 12.9 Å². The molecule has 3 rings (SSSR count). The maximum atomic E-state index is 5.41. The summed E-state index contributed by atoms with van der Waals surface area (Å²) in [5.74, 6) is 1.05. The normalized spacial score (nSPS) is 30.4. The molecule has 1 aliphatic heterocycles. The zero-order chi connectivity index (χ0) is 13.1. The van der Waals surface area contributed by atoms with Crippen molar-refractivity contribution in [2.24, 2.45) is 4.99 Å². The zero-order valence-electron chi connectivity index (χ0n) is 11.2. The molecular weight excluding hydrogens is 256 g/mol. The molecule has 1 aromatic rings. The van der Waals surface area contributed by atoms with Gasteiger partial charge in [0.15, 0.2) is 5.17 Å².